The van der Waals surface area contributed by atoms with Crippen molar-refractivity contribution in [3.05, 3.63) is 47.5 Å². The maximum Gasteiger partial charge on any atom is 0.408 e. The van der Waals surface area contributed by atoms with Crippen LogP contribution in [0.3, 0.4) is 0 Å². The van der Waals surface area contributed by atoms with Crippen molar-refractivity contribution in [2.24, 2.45) is 5.73 Å². The highest BCUT2D eigenvalue weighted by atomic mass is 16.6. The zero-order valence-corrected chi connectivity index (χ0v) is 31.3. The van der Waals surface area contributed by atoms with Gasteiger partial charge in [0.05, 0.1) is 6.61 Å². The molecule has 0 saturated carbocycles. The lowest BCUT2D eigenvalue weighted by Gasteiger charge is -2.29. The second-order valence-corrected chi connectivity index (χ2v) is 14.8. The normalized spacial score (nSPS) is 18.0. The Morgan fingerprint density at radius 1 is 0.849 bits per heavy atom. The van der Waals surface area contributed by atoms with Gasteiger partial charge in [0, 0.05) is 39.0 Å². The molecule has 0 fully saturated rings. The number of aliphatic hydroxyl groups excluding tert-OH is 1. The van der Waals surface area contributed by atoms with Crippen LogP contribution in [0.4, 0.5) is 9.59 Å². The number of hydrogen-bond acceptors (Lipinski definition) is 11. The molecule has 0 aromatic heterocycles. The molecule has 3 atom stereocenters. The minimum absolute atomic E-state index is 0.0297. The lowest BCUT2D eigenvalue weighted by molar-refractivity contribution is -0.137. The largest absolute Gasteiger partial charge is 0.508 e. The number of carbonyl (C=O) groups is 5. The molecule has 5 amide bonds. The summed E-state index contributed by atoms with van der Waals surface area (Å²) in [5.41, 5.74) is 5.90. The first-order valence-corrected chi connectivity index (χ1v) is 17.6. The first-order chi connectivity index (χ1) is 24.8. The quantitative estimate of drug-likeness (QED) is 0.163. The van der Waals surface area contributed by atoms with E-state index >= 15 is 0 Å². The zero-order valence-electron chi connectivity index (χ0n) is 31.3. The van der Waals surface area contributed by atoms with Crippen molar-refractivity contribution in [1.82, 2.24) is 26.2 Å². The Labute approximate surface area is 309 Å². The summed E-state index contributed by atoms with van der Waals surface area (Å²) in [5, 5.41) is 42.0. The molecular weight excluding hydrogens is 688 g/mol. The molecule has 16 nitrogen and oxygen atoms in total. The number of alkyl carbamates (subject to hydrolysis) is 2. The fraction of sp³-hybridized carbons (Fsp3) is 0.541. The maximum atomic E-state index is 14.1. The Morgan fingerprint density at radius 3 is 1.96 bits per heavy atom. The third-order valence-corrected chi connectivity index (χ3v) is 8.01. The smallest absolute Gasteiger partial charge is 0.408 e. The van der Waals surface area contributed by atoms with Crippen molar-refractivity contribution < 1.29 is 48.8 Å². The van der Waals surface area contributed by atoms with Gasteiger partial charge in [-0.05, 0) is 101 Å². The van der Waals surface area contributed by atoms with Gasteiger partial charge in [-0.1, -0.05) is 12.1 Å². The SMILES string of the molecule is CC(C)(C)OC(=O)NCCC[C@@H]1NC(=O)[C@@H](NC(=O)OC(C)(C)C)Cc2cc(ccc2O)-c2ccc(O)c(c2)C[C@@H](C(=O)N(CCN)CCO)NC1=O. The van der Waals surface area contributed by atoms with E-state index in [-0.39, 0.29) is 70.0 Å². The molecule has 0 saturated heterocycles. The molecule has 0 unspecified atom stereocenters. The van der Waals surface area contributed by atoms with E-state index in [4.69, 9.17) is 15.2 Å². The second kappa shape index (κ2) is 18.6. The van der Waals surface area contributed by atoms with Crippen LogP contribution < -0.4 is 27.0 Å². The van der Waals surface area contributed by atoms with Crippen molar-refractivity contribution in [3.63, 3.8) is 0 Å². The van der Waals surface area contributed by atoms with E-state index in [1.807, 2.05) is 0 Å². The van der Waals surface area contributed by atoms with Crippen LogP contribution in [-0.4, -0.2) is 112 Å². The number of aromatic hydroxyl groups is 2. The monoisotopic (exact) mass is 742 g/mol. The summed E-state index contributed by atoms with van der Waals surface area (Å²) >= 11 is 0. The van der Waals surface area contributed by atoms with Crippen LogP contribution >= 0.6 is 0 Å². The van der Waals surface area contributed by atoms with Gasteiger partial charge >= 0.3 is 12.2 Å². The molecule has 2 aromatic rings. The van der Waals surface area contributed by atoms with Gasteiger partial charge in [-0.25, -0.2) is 9.59 Å². The van der Waals surface area contributed by atoms with Gasteiger partial charge in [-0.15, -0.1) is 0 Å². The number of nitrogens with zero attached hydrogens (tertiary/aromatic N) is 1. The highest BCUT2D eigenvalue weighted by Gasteiger charge is 2.33. The van der Waals surface area contributed by atoms with Gasteiger partial charge in [-0.3, -0.25) is 14.4 Å². The topological polar surface area (TPSA) is 242 Å². The summed E-state index contributed by atoms with van der Waals surface area (Å²) in [4.78, 5) is 68.6. The molecule has 1 aliphatic heterocycles. The Balaban J connectivity index is 2.11. The zero-order chi connectivity index (χ0) is 39.5. The van der Waals surface area contributed by atoms with Crippen LogP contribution in [0.2, 0.25) is 0 Å². The van der Waals surface area contributed by atoms with Crippen molar-refractivity contribution in [2.45, 2.75) is 96.6 Å². The number of hydrogen-bond donors (Lipinski definition) is 8. The summed E-state index contributed by atoms with van der Waals surface area (Å²) in [7, 11) is 0. The highest BCUT2D eigenvalue weighted by Crippen LogP contribution is 2.31. The third kappa shape index (κ3) is 13.4. The van der Waals surface area contributed by atoms with Gasteiger partial charge in [-0.2, -0.15) is 0 Å². The number of ether oxygens (including phenoxy) is 2. The first-order valence-electron chi connectivity index (χ1n) is 17.6. The van der Waals surface area contributed by atoms with E-state index in [1.165, 1.54) is 17.0 Å². The van der Waals surface area contributed by atoms with E-state index in [1.54, 1.807) is 65.8 Å². The highest BCUT2D eigenvalue weighted by molar-refractivity contribution is 5.94. The number of phenolic OH excluding ortho intramolecular Hbond substituents is 2. The summed E-state index contributed by atoms with van der Waals surface area (Å²) < 4.78 is 10.7. The maximum absolute atomic E-state index is 14.1. The summed E-state index contributed by atoms with van der Waals surface area (Å²) in [6.07, 6.45) is -1.82. The van der Waals surface area contributed by atoms with Crippen LogP contribution in [0.5, 0.6) is 11.5 Å². The molecule has 1 heterocycles. The van der Waals surface area contributed by atoms with Crippen molar-refractivity contribution in [1.29, 1.82) is 0 Å². The summed E-state index contributed by atoms with van der Waals surface area (Å²) in [6, 6.07) is 5.53. The first kappa shape index (κ1) is 42.3. The molecule has 0 aliphatic carbocycles. The van der Waals surface area contributed by atoms with Crippen molar-refractivity contribution in [2.75, 3.05) is 32.8 Å². The van der Waals surface area contributed by atoms with E-state index in [0.29, 0.717) is 22.3 Å². The number of nitrogens with two attached hydrogens (primary N) is 1. The van der Waals surface area contributed by atoms with Gasteiger partial charge in [0.15, 0.2) is 0 Å². The second-order valence-electron chi connectivity index (χ2n) is 14.8. The molecular formula is C37H54N6O10. The van der Waals surface area contributed by atoms with Crippen LogP contribution in [0.25, 0.3) is 11.1 Å². The minimum atomic E-state index is -1.34. The summed E-state index contributed by atoms with van der Waals surface area (Å²) in [6.45, 7) is 9.88. The summed E-state index contributed by atoms with van der Waals surface area (Å²) in [5.74, 6) is -2.44. The molecule has 0 spiro atoms. The predicted octanol–water partition coefficient (Wildman–Crippen LogP) is 1.81. The average molecular weight is 743 g/mol. The van der Waals surface area contributed by atoms with E-state index in [2.05, 4.69) is 21.3 Å². The fourth-order valence-electron chi connectivity index (χ4n) is 5.61. The van der Waals surface area contributed by atoms with E-state index in [0.717, 1.165) is 0 Å². The van der Waals surface area contributed by atoms with Gasteiger partial charge < -0.3 is 56.7 Å². The van der Waals surface area contributed by atoms with Gasteiger partial charge in [0.2, 0.25) is 17.7 Å². The molecule has 16 heteroatoms. The van der Waals surface area contributed by atoms with Crippen LogP contribution in [0.1, 0.15) is 65.5 Å². The number of aliphatic hydroxyl groups is 1. The molecule has 0 radical (unpaired) electrons. The number of benzene rings is 2. The van der Waals surface area contributed by atoms with Gasteiger partial charge in [0.1, 0.15) is 40.8 Å². The number of fused-ring (bicyclic) bond motifs is 5. The predicted molar refractivity (Wildman–Crippen MR) is 196 cm³/mol. The molecule has 3 rings (SSSR count). The lowest BCUT2D eigenvalue weighted by atomic mass is 9.95. The van der Waals surface area contributed by atoms with Gasteiger partial charge in [0.25, 0.3) is 0 Å². The van der Waals surface area contributed by atoms with Crippen molar-refractivity contribution >= 4 is 29.9 Å². The molecule has 4 bridgehead atoms. The van der Waals surface area contributed by atoms with Crippen molar-refractivity contribution in [3.8, 4) is 22.6 Å². The average Bonchev–Trinajstić information content (AvgIpc) is 3.04. The molecule has 292 valence electrons. The standard InChI is InChI=1S/C37H54N6O10/c1-36(2,3)52-34(50)39-14-7-8-26-31(47)41-28(33(49)43(15-13-38)16-17-44)21-25-19-23(10-12-30(25)46)22-9-11-29(45)24(18-22)20-27(32(48)40-26)42-35(51)53-37(4,5)6/h9-12,18-19,26-28,44-46H,7-8,13-17,20-21,38H2,1-6H3,(H,39,50)(H,40,48)(H,41,47)(H,42,51)/t26-,27-,28-/m0/s1. The van der Waals surface area contributed by atoms with Crippen LogP contribution in [-0.2, 0) is 36.7 Å². The molecule has 1 aliphatic rings. The van der Waals surface area contributed by atoms with Crippen LogP contribution in [0, 0.1) is 0 Å². The Morgan fingerprint density at radius 2 is 1.42 bits per heavy atom. The number of amides is 5. The number of rotatable bonds is 10. The van der Waals surface area contributed by atoms with E-state index in [9.17, 15) is 39.3 Å². The minimum Gasteiger partial charge on any atom is -0.508 e. The third-order valence-electron chi connectivity index (χ3n) is 8.01. The Hall–Kier alpha value is -5.09. The molecule has 53 heavy (non-hydrogen) atoms. The lowest BCUT2D eigenvalue weighted by Crippen LogP contribution is -2.58. The van der Waals surface area contributed by atoms with E-state index < -0.39 is 59.2 Å². The molecule has 2 aromatic carbocycles. The number of phenols is 2. The van der Waals surface area contributed by atoms with Crippen LogP contribution in [0.15, 0.2) is 36.4 Å². The Kier molecular flexibility index (Phi) is 14.9. The fourth-order valence-corrected chi connectivity index (χ4v) is 5.61. The number of carbonyl (C=O) groups excluding carboxylic acids is 5. The number of nitrogens with one attached hydrogen (secondary N) is 4. The molecule has 9 N–H and O–H groups in total. The Bertz CT molecular complexity index is 1610.